The van der Waals surface area contributed by atoms with Crippen LogP contribution in [0.2, 0.25) is 5.02 Å². The van der Waals surface area contributed by atoms with Crippen LogP contribution in [0.3, 0.4) is 0 Å². The molecule has 2 rings (SSSR count). The highest BCUT2D eigenvalue weighted by molar-refractivity contribution is 9.10. The van der Waals surface area contributed by atoms with E-state index in [1.54, 1.807) is 7.05 Å². The smallest absolute Gasteiger partial charge is 0.224 e. The summed E-state index contributed by atoms with van der Waals surface area (Å²) in [6.45, 7) is 0. The Morgan fingerprint density at radius 2 is 2.05 bits per heavy atom. The third-order valence-electron chi connectivity index (χ3n) is 2.22. The highest BCUT2D eigenvalue weighted by Crippen LogP contribution is 2.31. The van der Waals surface area contributed by atoms with Crippen molar-refractivity contribution in [3.63, 3.8) is 0 Å². The minimum atomic E-state index is -0.804. The third-order valence-corrected chi connectivity index (χ3v) is 3.10. The summed E-state index contributed by atoms with van der Waals surface area (Å²) in [6.07, 6.45) is 1.50. The van der Waals surface area contributed by atoms with Gasteiger partial charge in [0.15, 0.2) is 11.6 Å². The van der Waals surface area contributed by atoms with Crippen LogP contribution in [0.15, 0.2) is 22.8 Å². The van der Waals surface area contributed by atoms with E-state index in [4.69, 9.17) is 11.6 Å². The van der Waals surface area contributed by atoms with Crippen molar-refractivity contribution in [1.29, 1.82) is 0 Å². The largest absolute Gasteiger partial charge is 0.357 e. The first-order chi connectivity index (χ1) is 9.01. The second kappa shape index (κ2) is 5.66. The van der Waals surface area contributed by atoms with Gasteiger partial charge in [-0.15, -0.1) is 0 Å². The zero-order valence-corrected chi connectivity index (χ0v) is 12.0. The number of hydrogen-bond donors (Lipinski definition) is 2. The van der Waals surface area contributed by atoms with Crippen molar-refractivity contribution >= 4 is 45.0 Å². The van der Waals surface area contributed by atoms with Gasteiger partial charge in [0.2, 0.25) is 5.95 Å². The summed E-state index contributed by atoms with van der Waals surface area (Å²) in [5, 5.41) is 5.37. The summed E-state index contributed by atoms with van der Waals surface area (Å²) in [4.78, 5) is 8.05. The summed E-state index contributed by atoms with van der Waals surface area (Å²) < 4.78 is 27.1. The van der Waals surface area contributed by atoms with Gasteiger partial charge >= 0.3 is 0 Å². The second-order valence-corrected chi connectivity index (χ2v) is 4.77. The Hall–Kier alpha value is -1.47. The van der Waals surface area contributed by atoms with E-state index in [-0.39, 0.29) is 10.7 Å². The Labute approximate surface area is 121 Å². The average molecular weight is 350 g/mol. The SMILES string of the molecule is CNc1ncc(Br)c(Nc2c(F)cc(F)cc2Cl)n1. The minimum Gasteiger partial charge on any atom is -0.357 e. The van der Waals surface area contributed by atoms with Gasteiger partial charge < -0.3 is 10.6 Å². The molecule has 0 saturated heterocycles. The van der Waals surface area contributed by atoms with E-state index in [1.165, 1.54) is 6.20 Å². The zero-order chi connectivity index (χ0) is 14.0. The van der Waals surface area contributed by atoms with Crippen LogP contribution < -0.4 is 10.6 Å². The molecular weight excluding hydrogens is 342 g/mol. The Balaban J connectivity index is 2.41. The maximum atomic E-state index is 13.6. The number of nitrogens with zero attached hydrogens (tertiary/aromatic N) is 2. The number of halogens is 4. The number of anilines is 3. The van der Waals surface area contributed by atoms with Crippen molar-refractivity contribution in [2.75, 3.05) is 17.7 Å². The summed E-state index contributed by atoms with van der Waals surface area (Å²) >= 11 is 9.02. The molecule has 0 radical (unpaired) electrons. The van der Waals surface area contributed by atoms with Gasteiger partial charge in [-0.05, 0) is 22.0 Å². The molecule has 4 nitrogen and oxygen atoms in total. The first kappa shape index (κ1) is 14.0. The molecule has 2 aromatic rings. The van der Waals surface area contributed by atoms with Crippen molar-refractivity contribution in [1.82, 2.24) is 9.97 Å². The fraction of sp³-hybridized carbons (Fsp3) is 0.0909. The van der Waals surface area contributed by atoms with Crippen LogP contribution in [0.5, 0.6) is 0 Å². The van der Waals surface area contributed by atoms with Gasteiger partial charge in [0.05, 0.1) is 15.2 Å². The molecule has 100 valence electrons. The van der Waals surface area contributed by atoms with Crippen LogP contribution in [0, 0.1) is 11.6 Å². The number of hydrogen-bond acceptors (Lipinski definition) is 4. The third kappa shape index (κ3) is 3.10. The average Bonchev–Trinajstić information content (AvgIpc) is 2.35. The van der Waals surface area contributed by atoms with E-state index in [9.17, 15) is 8.78 Å². The minimum absolute atomic E-state index is 0.0514. The maximum absolute atomic E-state index is 13.6. The van der Waals surface area contributed by atoms with Crippen molar-refractivity contribution in [3.05, 3.63) is 39.5 Å². The lowest BCUT2D eigenvalue weighted by atomic mass is 10.3. The lowest BCUT2D eigenvalue weighted by molar-refractivity contribution is 0.586. The number of benzene rings is 1. The Bertz CT molecular complexity index is 601. The lowest BCUT2D eigenvalue weighted by Crippen LogP contribution is -2.03. The van der Waals surface area contributed by atoms with Gasteiger partial charge in [-0.2, -0.15) is 4.98 Å². The maximum Gasteiger partial charge on any atom is 0.224 e. The van der Waals surface area contributed by atoms with Crippen LogP contribution in [0.4, 0.5) is 26.2 Å². The molecule has 1 heterocycles. The Morgan fingerprint density at radius 1 is 1.32 bits per heavy atom. The first-order valence-corrected chi connectivity index (χ1v) is 6.30. The molecule has 2 N–H and O–H groups in total. The highest BCUT2D eigenvalue weighted by atomic mass is 79.9. The normalized spacial score (nSPS) is 10.4. The predicted octanol–water partition coefficient (Wildman–Crippen LogP) is 3.96. The van der Waals surface area contributed by atoms with Crippen LogP contribution in [-0.4, -0.2) is 17.0 Å². The molecule has 0 fully saturated rings. The van der Waals surface area contributed by atoms with Gasteiger partial charge in [-0.1, -0.05) is 11.6 Å². The molecule has 0 unspecified atom stereocenters. The molecule has 1 aromatic carbocycles. The topological polar surface area (TPSA) is 49.8 Å². The van der Waals surface area contributed by atoms with Gasteiger partial charge in [-0.25, -0.2) is 13.8 Å². The summed E-state index contributed by atoms with van der Waals surface area (Å²) in [6, 6.07) is 1.75. The fourth-order valence-electron chi connectivity index (χ4n) is 1.36. The monoisotopic (exact) mass is 348 g/mol. The van der Waals surface area contributed by atoms with E-state index < -0.39 is 11.6 Å². The van der Waals surface area contributed by atoms with E-state index in [0.29, 0.717) is 16.2 Å². The molecule has 0 aliphatic rings. The van der Waals surface area contributed by atoms with Crippen LogP contribution in [0.25, 0.3) is 0 Å². The standard InChI is InChI=1S/C11H8BrClF2N4/c1-16-11-17-4-6(12)10(19-11)18-9-7(13)2-5(14)3-8(9)15/h2-4H,1H3,(H2,16,17,18,19). The fourth-order valence-corrected chi connectivity index (χ4v) is 1.89. The molecule has 0 spiro atoms. The molecule has 0 amide bonds. The summed E-state index contributed by atoms with van der Waals surface area (Å²) in [5.74, 6) is -0.886. The Kier molecular flexibility index (Phi) is 4.16. The van der Waals surface area contributed by atoms with Crippen LogP contribution >= 0.6 is 27.5 Å². The summed E-state index contributed by atoms with van der Waals surface area (Å²) in [5.41, 5.74) is -0.0514. The summed E-state index contributed by atoms with van der Waals surface area (Å²) in [7, 11) is 1.65. The predicted molar refractivity (Wildman–Crippen MR) is 73.9 cm³/mol. The molecular formula is C11H8BrClF2N4. The van der Waals surface area contributed by atoms with E-state index >= 15 is 0 Å². The lowest BCUT2D eigenvalue weighted by Gasteiger charge is -2.11. The van der Waals surface area contributed by atoms with Gasteiger partial charge in [0.25, 0.3) is 0 Å². The molecule has 1 aromatic heterocycles. The van der Waals surface area contributed by atoms with Gasteiger partial charge in [-0.3, -0.25) is 0 Å². The van der Waals surface area contributed by atoms with Crippen molar-refractivity contribution in [2.45, 2.75) is 0 Å². The number of aromatic nitrogens is 2. The molecule has 19 heavy (non-hydrogen) atoms. The van der Waals surface area contributed by atoms with E-state index in [0.717, 1.165) is 12.1 Å². The zero-order valence-electron chi connectivity index (χ0n) is 9.64. The number of nitrogens with one attached hydrogen (secondary N) is 2. The van der Waals surface area contributed by atoms with Crippen molar-refractivity contribution in [3.8, 4) is 0 Å². The second-order valence-electron chi connectivity index (χ2n) is 3.51. The molecule has 0 aliphatic heterocycles. The van der Waals surface area contributed by atoms with Crippen LogP contribution in [-0.2, 0) is 0 Å². The first-order valence-electron chi connectivity index (χ1n) is 5.13. The molecule has 0 aliphatic carbocycles. The van der Waals surface area contributed by atoms with Crippen LogP contribution in [0.1, 0.15) is 0 Å². The van der Waals surface area contributed by atoms with Gasteiger partial charge in [0.1, 0.15) is 5.82 Å². The molecule has 0 atom stereocenters. The Morgan fingerprint density at radius 3 is 2.68 bits per heavy atom. The van der Waals surface area contributed by atoms with Gasteiger partial charge in [0, 0.05) is 19.3 Å². The van der Waals surface area contributed by atoms with E-state index in [2.05, 4.69) is 36.5 Å². The molecule has 0 bridgehead atoms. The van der Waals surface area contributed by atoms with Crippen molar-refractivity contribution < 1.29 is 8.78 Å². The number of rotatable bonds is 3. The quantitative estimate of drug-likeness (QED) is 0.881. The van der Waals surface area contributed by atoms with E-state index in [1.807, 2.05) is 0 Å². The molecule has 8 heteroatoms. The molecule has 0 saturated carbocycles. The van der Waals surface area contributed by atoms with Crippen molar-refractivity contribution in [2.24, 2.45) is 0 Å². The highest BCUT2D eigenvalue weighted by Gasteiger charge is 2.13.